The van der Waals surface area contributed by atoms with E-state index in [-0.39, 0.29) is 0 Å². The van der Waals surface area contributed by atoms with Gasteiger partial charge in [-0.15, -0.1) is 0 Å². The number of hydrogen-bond donors (Lipinski definition) is 0. The molecule has 0 N–H and O–H groups in total. The molecule has 0 unspecified atom stereocenters. The molecule has 83 valence electrons. The molecule has 0 aliphatic carbocycles. The standard InChI is InChI=1S/C11H16ClS2Si/c1-13-7-9-5-4-6-10(8-14-2)11(9)15(3)12/h4-6H,7-8H2,1-3H3. The summed E-state index contributed by atoms with van der Waals surface area (Å²) < 4.78 is 0. The van der Waals surface area contributed by atoms with Crippen molar-refractivity contribution in [3.05, 3.63) is 29.3 Å². The van der Waals surface area contributed by atoms with Gasteiger partial charge in [-0.25, -0.2) is 0 Å². The molecule has 0 spiro atoms. The van der Waals surface area contributed by atoms with E-state index in [2.05, 4.69) is 37.3 Å². The first-order valence-corrected chi connectivity index (χ1v) is 10.6. The van der Waals surface area contributed by atoms with Crippen molar-refractivity contribution in [1.29, 1.82) is 0 Å². The van der Waals surface area contributed by atoms with Crippen molar-refractivity contribution in [2.24, 2.45) is 0 Å². The minimum absolute atomic E-state index is 0.870. The molecule has 0 saturated heterocycles. The molecule has 0 fully saturated rings. The van der Waals surface area contributed by atoms with Crippen LogP contribution in [0.2, 0.25) is 6.55 Å². The van der Waals surface area contributed by atoms with Gasteiger partial charge in [-0.2, -0.15) is 34.6 Å². The minimum atomic E-state index is -0.870. The van der Waals surface area contributed by atoms with E-state index in [1.54, 1.807) is 0 Å². The fourth-order valence-electron chi connectivity index (χ4n) is 1.65. The lowest BCUT2D eigenvalue weighted by molar-refractivity contribution is 1.37. The van der Waals surface area contributed by atoms with Crippen LogP contribution in [0.5, 0.6) is 0 Å². The van der Waals surface area contributed by atoms with Gasteiger partial charge in [0.1, 0.15) is 0 Å². The monoisotopic (exact) mass is 275 g/mol. The maximum absolute atomic E-state index is 6.37. The highest BCUT2D eigenvalue weighted by Gasteiger charge is 2.14. The summed E-state index contributed by atoms with van der Waals surface area (Å²) in [4.78, 5) is 0. The Labute approximate surface area is 107 Å². The Kier molecular flexibility index (Phi) is 6.20. The summed E-state index contributed by atoms with van der Waals surface area (Å²) in [5.74, 6) is 2.15. The summed E-state index contributed by atoms with van der Waals surface area (Å²) >= 11 is 10.1. The Morgan fingerprint density at radius 2 is 1.60 bits per heavy atom. The lowest BCUT2D eigenvalue weighted by Gasteiger charge is -2.14. The fourth-order valence-corrected chi connectivity index (χ4v) is 4.96. The van der Waals surface area contributed by atoms with Crippen LogP contribution in [0.1, 0.15) is 11.1 Å². The smallest absolute Gasteiger partial charge is 0.163 e. The molecule has 0 nitrogen and oxygen atoms in total. The molecule has 0 aliphatic rings. The number of rotatable bonds is 5. The van der Waals surface area contributed by atoms with Gasteiger partial charge < -0.3 is 0 Å². The third-order valence-electron chi connectivity index (χ3n) is 2.18. The van der Waals surface area contributed by atoms with Crippen molar-refractivity contribution in [3.8, 4) is 0 Å². The predicted molar refractivity (Wildman–Crippen MR) is 78.0 cm³/mol. The molecule has 0 aliphatic heterocycles. The molecule has 0 heterocycles. The van der Waals surface area contributed by atoms with Crippen molar-refractivity contribution in [2.45, 2.75) is 18.1 Å². The van der Waals surface area contributed by atoms with Gasteiger partial charge in [0.2, 0.25) is 0 Å². The van der Waals surface area contributed by atoms with Crippen LogP contribution < -0.4 is 5.19 Å². The van der Waals surface area contributed by atoms with E-state index < -0.39 is 8.11 Å². The maximum Gasteiger partial charge on any atom is 0.197 e. The van der Waals surface area contributed by atoms with Gasteiger partial charge in [-0.1, -0.05) is 24.7 Å². The summed E-state index contributed by atoms with van der Waals surface area (Å²) in [5.41, 5.74) is 2.86. The molecule has 4 heteroatoms. The van der Waals surface area contributed by atoms with Gasteiger partial charge in [-0.3, -0.25) is 0 Å². The SMILES string of the molecule is CSCc1cccc(CSC)c1[Si](C)Cl. The number of thioether (sulfide) groups is 2. The summed E-state index contributed by atoms with van der Waals surface area (Å²) in [5, 5.41) is 1.44. The van der Waals surface area contributed by atoms with Crippen LogP contribution in [-0.4, -0.2) is 20.6 Å². The molecule has 1 radical (unpaired) electrons. The Balaban J connectivity index is 3.09. The molecule has 0 saturated carbocycles. The van der Waals surface area contributed by atoms with Crippen molar-refractivity contribution in [3.63, 3.8) is 0 Å². The van der Waals surface area contributed by atoms with Crippen LogP contribution in [0, 0.1) is 0 Å². The zero-order chi connectivity index (χ0) is 11.3. The van der Waals surface area contributed by atoms with Crippen LogP contribution >= 0.6 is 34.6 Å². The van der Waals surface area contributed by atoms with E-state index >= 15 is 0 Å². The number of halogens is 1. The summed E-state index contributed by atoms with van der Waals surface area (Å²) in [6.45, 7) is 2.16. The first-order chi connectivity index (χ1) is 7.20. The first kappa shape index (κ1) is 13.5. The Morgan fingerprint density at radius 3 is 1.93 bits per heavy atom. The van der Waals surface area contributed by atoms with Gasteiger partial charge >= 0.3 is 0 Å². The number of hydrogen-bond acceptors (Lipinski definition) is 2. The van der Waals surface area contributed by atoms with Crippen LogP contribution in [0.4, 0.5) is 0 Å². The molecule has 15 heavy (non-hydrogen) atoms. The molecular weight excluding hydrogens is 260 g/mol. The lowest BCUT2D eigenvalue weighted by Crippen LogP contribution is -2.28. The second-order valence-corrected chi connectivity index (χ2v) is 8.35. The van der Waals surface area contributed by atoms with Gasteiger partial charge in [0.05, 0.1) is 0 Å². The van der Waals surface area contributed by atoms with Crippen molar-refractivity contribution < 1.29 is 0 Å². The second-order valence-electron chi connectivity index (χ2n) is 3.35. The predicted octanol–water partition coefficient (Wildman–Crippen LogP) is 3.48. The molecule has 0 atom stereocenters. The number of benzene rings is 1. The fraction of sp³-hybridized carbons (Fsp3) is 0.455. The van der Waals surface area contributed by atoms with Gasteiger partial charge in [0, 0.05) is 11.5 Å². The third-order valence-corrected chi connectivity index (χ3v) is 5.28. The maximum atomic E-state index is 6.37. The van der Waals surface area contributed by atoms with Gasteiger partial charge in [0.25, 0.3) is 0 Å². The zero-order valence-corrected chi connectivity index (χ0v) is 12.7. The van der Waals surface area contributed by atoms with Crippen molar-refractivity contribution in [1.82, 2.24) is 0 Å². The highest BCUT2D eigenvalue weighted by Crippen LogP contribution is 2.15. The van der Waals surface area contributed by atoms with Gasteiger partial charge in [0.15, 0.2) is 8.11 Å². The highest BCUT2D eigenvalue weighted by atomic mass is 35.6. The van der Waals surface area contributed by atoms with Crippen molar-refractivity contribution in [2.75, 3.05) is 12.5 Å². The Bertz CT molecular complexity index is 291. The average molecular weight is 276 g/mol. The topological polar surface area (TPSA) is 0 Å². The van der Waals surface area contributed by atoms with Crippen molar-refractivity contribution >= 4 is 47.9 Å². The van der Waals surface area contributed by atoms with E-state index in [1.165, 1.54) is 16.3 Å². The lowest BCUT2D eigenvalue weighted by atomic mass is 10.1. The average Bonchev–Trinajstić information content (AvgIpc) is 2.18. The Morgan fingerprint density at radius 1 is 1.13 bits per heavy atom. The first-order valence-electron chi connectivity index (χ1n) is 4.78. The van der Waals surface area contributed by atoms with Gasteiger partial charge in [-0.05, 0) is 28.8 Å². The van der Waals surface area contributed by atoms with E-state index in [1.807, 2.05) is 23.5 Å². The van der Waals surface area contributed by atoms with E-state index in [9.17, 15) is 0 Å². The second kappa shape index (κ2) is 6.89. The van der Waals surface area contributed by atoms with Crippen LogP contribution in [0.25, 0.3) is 0 Å². The molecule has 0 bridgehead atoms. The van der Waals surface area contributed by atoms with E-state index in [4.69, 9.17) is 11.1 Å². The third kappa shape index (κ3) is 3.73. The minimum Gasteiger partial charge on any atom is -0.163 e. The Hall–Kier alpha value is 0.427. The largest absolute Gasteiger partial charge is 0.197 e. The summed E-state index contributed by atoms with van der Waals surface area (Å²) in [6.07, 6.45) is 4.28. The molecule has 0 amide bonds. The van der Waals surface area contributed by atoms with Crippen LogP contribution in [0.15, 0.2) is 18.2 Å². The van der Waals surface area contributed by atoms with E-state index in [0.29, 0.717) is 0 Å². The zero-order valence-electron chi connectivity index (χ0n) is 9.34. The molecule has 1 aromatic rings. The molecular formula is C11H16ClS2Si. The summed E-state index contributed by atoms with van der Waals surface area (Å²) in [6, 6.07) is 6.58. The molecule has 1 rings (SSSR count). The molecule has 0 aromatic heterocycles. The normalized spacial score (nSPS) is 11.0. The van der Waals surface area contributed by atoms with Crippen LogP contribution in [0.3, 0.4) is 0 Å². The summed E-state index contributed by atoms with van der Waals surface area (Å²) in [7, 11) is -0.870. The molecule has 1 aromatic carbocycles. The van der Waals surface area contributed by atoms with Crippen LogP contribution in [-0.2, 0) is 11.5 Å². The quantitative estimate of drug-likeness (QED) is 0.596. The van der Waals surface area contributed by atoms with E-state index in [0.717, 1.165) is 11.5 Å². The highest BCUT2D eigenvalue weighted by molar-refractivity contribution is 7.98.